The quantitative estimate of drug-likeness (QED) is 0.719. The zero-order valence-electron chi connectivity index (χ0n) is 9.82. The maximum atomic E-state index is 11.9. The Labute approximate surface area is 99.0 Å². The Morgan fingerprint density at radius 1 is 1.29 bits per heavy atom. The van der Waals surface area contributed by atoms with Crippen LogP contribution in [0.2, 0.25) is 0 Å². The van der Waals surface area contributed by atoms with Crippen LogP contribution in [0.5, 0.6) is 5.75 Å². The molecule has 0 N–H and O–H groups in total. The first-order valence-corrected chi connectivity index (χ1v) is 5.22. The van der Waals surface area contributed by atoms with Gasteiger partial charge in [-0.3, -0.25) is 4.79 Å². The van der Waals surface area contributed by atoms with Gasteiger partial charge in [-0.2, -0.15) is 8.78 Å². The molecule has 1 aromatic carbocycles. The summed E-state index contributed by atoms with van der Waals surface area (Å²) < 4.78 is 28.0. The van der Waals surface area contributed by atoms with E-state index in [1.54, 1.807) is 0 Å². The summed E-state index contributed by atoms with van der Waals surface area (Å²) in [5, 5.41) is 0. The van der Waals surface area contributed by atoms with Gasteiger partial charge in [-0.25, -0.2) is 0 Å². The van der Waals surface area contributed by atoms with Crippen LogP contribution in [0.3, 0.4) is 0 Å². The van der Waals surface area contributed by atoms with E-state index >= 15 is 0 Å². The number of rotatable bonds is 6. The van der Waals surface area contributed by atoms with Gasteiger partial charge in [0.25, 0.3) is 0 Å². The number of alkyl halides is 2. The predicted molar refractivity (Wildman–Crippen MR) is 60.6 cm³/mol. The lowest BCUT2D eigenvalue weighted by atomic mass is 10.1. The third-order valence-corrected chi connectivity index (χ3v) is 2.19. The number of carbonyl (C=O) groups excluding carboxylic acids is 1. The summed E-state index contributed by atoms with van der Waals surface area (Å²) in [5.74, 6) is 0.0476. The normalized spacial score (nSPS) is 10.9. The first kappa shape index (κ1) is 13.6. The van der Waals surface area contributed by atoms with E-state index in [0.717, 1.165) is 0 Å². The molecule has 0 unspecified atom stereocenters. The first-order chi connectivity index (χ1) is 7.99. The molecule has 0 bridgehead atoms. The lowest BCUT2D eigenvalue weighted by Gasteiger charge is -2.09. The number of ketones is 1. The molecule has 0 aliphatic heterocycles. The van der Waals surface area contributed by atoms with E-state index in [4.69, 9.17) is 0 Å². The van der Waals surface area contributed by atoms with Crippen molar-refractivity contribution in [1.82, 2.24) is 4.90 Å². The Balaban J connectivity index is 2.57. The smallest absolute Gasteiger partial charge is 0.387 e. The number of hydrogen-bond acceptors (Lipinski definition) is 3. The fraction of sp³-hybridized carbons (Fsp3) is 0.417. The van der Waals surface area contributed by atoms with Crippen LogP contribution in [0.25, 0.3) is 0 Å². The van der Waals surface area contributed by atoms with Gasteiger partial charge >= 0.3 is 6.61 Å². The van der Waals surface area contributed by atoms with Crippen LogP contribution in [0, 0.1) is 0 Å². The molecule has 0 radical (unpaired) electrons. The highest BCUT2D eigenvalue weighted by molar-refractivity contribution is 5.96. The Morgan fingerprint density at radius 2 is 1.88 bits per heavy atom. The lowest BCUT2D eigenvalue weighted by molar-refractivity contribution is -0.0498. The molecular weight excluding hydrogens is 228 g/mol. The van der Waals surface area contributed by atoms with Gasteiger partial charge in [-0.05, 0) is 38.4 Å². The first-order valence-electron chi connectivity index (χ1n) is 5.22. The number of halogens is 2. The average Bonchev–Trinajstić information content (AvgIpc) is 2.26. The van der Waals surface area contributed by atoms with E-state index in [0.29, 0.717) is 18.5 Å². The minimum absolute atomic E-state index is 0.0118. The van der Waals surface area contributed by atoms with Crippen molar-refractivity contribution in [3.63, 3.8) is 0 Å². The molecule has 0 aliphatic rings. The van der Waals surface area contributed by atoms with Crippen molar-refractivity contribution < 1.29 is 18.3 Å². The van der Waals surface area contributed by atoms with Gasteiger partial charge < -0.3 is 9.64 Å². The fourth-order valence-corrected chi connectivity index (χ4v) is 1.29. The largest absolute Gasteiger partial charge is 0.435 e. The van der Waals surface area contributed by atoms with Gasteiger partial charge in [0.1, 0.15) is 5.75 Å². The minimum Gasteiger partial charge on any atom is -0.435 e. The van der Waals surface area contributed by atoms with E-state index in [2.05, 4.69) is 4.74 Å². The van der Waals surface area contributed by atoms with Gasteiger partial charge in [0.2, 0.25) is 0 Å². The van der Waals surface area contributed by atoms with Crippen LogP contribution in [-0.4, -0.2) is 37.9 Å². The highest BCUT2D eigenvalue weighted by Gasteiger charge is 2.08. The maximum Gasteiger partial charge on any atom is 0.387 e. The van der Waals surface area contributed by atoms with Crippen LogP contribution in [0.4, 0.5) is 8.78 Å². The number of carbonyl (C=O) groups is 1. The molecule has 5 heteroatoms. The average molecular weight is 243 g/mol. The second-order valence-corrected chi connectivity index (χ2v) is 3.88. The topological polar surface area (TPSA) is 29.5 Å². The molecule has 3 nitrogen and oxygen atoms in total. The number of nitrogens with zero attached hydrogens (tertiary/aromatic N) is 1. The molecule has 0 fully saturated rings. The fourth-order valence-electron chi connectivity index (χ4n) is 1.29. The predicted octanol–water partition coefficient (Wildman–Crippen LogP) is 2.42. The molecule has 17 heavy (non-hydrogen) atoms. The summed E-state index contributed by atoms with van der Waals surface area (Å²) in [6, 6.07) is 5.73. The Morgan fingerprint density at radius 3 is 2.35 bits per heavy atom. The summed E-state index contributed by atoms with van der Waals surface area (Å²) in [5.41, 5.74) is 0.508. The lowest BCUT2D eigenvalue weighted by Crippen LogP contribution is -2.16. The molecule has 0 atom stereocenters. The molecule has 0 spiro atoms. The second-order valence-electron chi connectivity index (χ2n) is 3.88. The molecule has 0 aromatic heterocycles. The molecule has 1 rings (SSSR count). The monoisotopic (exact) mass is 243 g/mol. The van der Waals surface area contributed by atoms with Crippen LogP contribution < -0.4 is 4.74 Å². The molecule has 0 aliphatic carbocycles. The molecule has 0 heterocycles. The van der Waals surface area contributed by atoms with Crippen molar-refractivity contribution in [1.29, 1.82) is 0 Å². The van der Waals surface area contributed by atoms with Crippen molar-refractivity contribution >= 4 is 5.78 Å². The Bertz CT molecular complexity index is 363. The molecule has 0 saturated heterocycles. The molecular formula is C12H15F2NO2. The summed E-state index contributed by atoms with van der Waals surface area (Å²) >= 11 is 0. The summed E-state index contributed by atoms with van der Waals surface area (Å²) in [4.78, 5) is 13.6. The van der Waals surface area contributed by atoms with Gasteiger partial charge in [0.05, 0.1) is 0 Å². The minimum atomic E-state index is -2.84. The van der Waals surface area contributed by atoms with E-state index in [1.165, 1.54) is 24.3 Å². The van der Waals surface area contributed by atoms with Crippen LogP contribution in [-0.2, 0) is 0 Å². The molecule has 94 valence electrons. The van der Waals surface area contributed by atoms with Gasteiger partial charge in [0.15, 0.2) is 5.78 Å². The van der Waals surface area contributed by atoms with Crippen molar-refractivity contribution in [2.75, 3.05) is 20.6 Å². The highest BCUT2D eigenvalue weighted by atomic mass is 19.3. The van der Waals surface area contributed by atoms with E-state index < -0.39 is 6.61 Å². The number of benzene rings is 1. The molecule has 0 saturated carbocycles. The van der Waals surface area contributed by atoms with Gasteiger partial charge in [-0.1, -0.05) is 0 Å². The van der Waals surface area contributed by atoms with Gasteiger partial charge in [0, 0.05) is 18.5 Å². The summed E-state index contributed by atoms with van der Waals surface area (Å²) in [6.45, 7) is -2.18. The van der Waals surface area contributed by atoms with Crippen LogP contribution in [0.1, 0.15) is 16.8 Å². The van der Waals surface area contributed by atoms with Crippen LogP contribution in [0.15, 0.2) is 24.3 Å². The SMILES string of the molecule is CN(C)CCC(=O)c1ccc(OC(F)F)cc1. The number of Topliss-reactive ketones (excluding diaryl/α,β-unsaturated/α-hetero) is 1. The van der Waals surface area contributed by atoms with Gasteiger partial charge in [-0.15, -0.1) is 0 Å². The van der Waals surface area contributed by atoms with E-state index in [1.807, 2.05) is 19.0 Å². The Hall–Kier alpha value is -1.49. The zero-order valence-corrected chi connectivity index (χ0v) is 9.82. The third kappa shape index (κ3) is 4.91. The van der Waals surface area contributed by atoms with Crippen molar-refractivity contribution in [2.45, 2.75) is 13.0 Å². The molecule has 1 aromatic rings. The third-order valence-electron chi connectivity index (χ3n) is 2.19. The summed E-state index contributed by atoms with van der Waals surface area (Å²) in [7, 11) is 3.76. The van der Waals surface area contributed by atoms with Crippen LogP contribution >= 0.6 is 0 Å². The Kier molecular flexibility index (Phi) is 5.03. The second kappa shape index (κ2) is 6.30. The molecule has 0 amide bonds. The highest BCUT2D eigenvalue weighted by Crippen LogP contribution is 2.15. The summed E-state index contributed by atoms with van der Waals surface area (Å²) in [6.07, 6.45) is 0.405. The standard InChI is InChI=1S/C12H15F2NO2/c1-15(2)8-7-11(16)9-3-5-10(6-4-9)17-12(13)14/h3-6,12H,7-8H2,1-2H3. The van der Waals surface area contributed by atoms with E-state index in [-0.39, 0.29) is 11.5 Å². The zero-order chi connectivity index (χ0) is 12.8. The van der Waals surface area contributed by atoms with Crippen molar-refractivity contribution in [3.05, 3.63) is 29.8 Å². The number of hydrogen-bond donors (Lipinski definition) is 0. The number of ether oxygens (including phenoxy) is 1. The van der Waals surface area contributed by atoms with E-state index in [9.17, 15) is 13.6 Å². The maximum absolute atomic E-state index is 11.9. The van der Waals surface area contributed by atoms with Crippen molar-refractivity contribution in [2.24, 2.45) is 0 Å². The van der Waals surface area contributed by atoms with Crippen molar-refractivity contribution in [3.8, 4) is 5.75 Å².